The molecule has 4 nitrogen and oxygen atoms in total. The number of hydrogen-bond donors (Lipinski definition) is 1. The van der Waals surface area contributed by atoms with E-state index in [9.17, 15) is 8.42 Å². The van der Waals surface area contributed by atoms with Crippen molar-refractivity contribution >= 4 is 9.84 Å². The van der Waals surface area contributed by atoms with Crippen LogP contribution in [-0.2, 0) is 15.6 Å². The molecule has 1 aliphatic heterocycles. The average molecular weight is 282 g/mol. The van der Waals surface area contributed by atoms with E-state index in [1.165, 1.54) is 11.8 Å². The Hall–Kier alpha value is -0.910. The number of likely N-dealkylation sites (tertiary alicyclic amines) is 1. The third-order valence-electron chi connectivity index (χ3n) is 3.76. The Morgan fingerprint density at radius 3 is 2.42 bits per heavy atom. The van der Waals surface area contributed by atoms with Crippen LogP contribution in [0.5, 0.6) is 0 Å². The average Bonchev–Trinajstić information content (AvgIpc) is 2.70. The molecule has 2 rings (SSSR count). The highest BCUT2D eigenvalue weighted by molar-refractivity contribution is 7.89. The van der Waals surface area contributed by atoms with Gasteiger partial charge in [0.2, 0.25) is 0 Å². The van der Waals surface area contributed by atoms with Crippen LogP contribution in [0.4, 0.5) is 0 Å². The summed E-state index contributed by atoms with van der Waals surface area (Å²) in [7, 11) is -0.844. The van der Waals surface area contributed by atoms with Crippen molar-refractivity contribution in [1.29, 1.82) is 0 Å². The predicted octanol–water partition coefficient (Wildman–Crippen LogP) is 1.18. The highest BCUT2D eigenvalue weighted by Crippen LogP contribution is 2.33. The second kappa shape index (κ2) is 5.61. The fourth-order valence-electron chi connectivity index (χ4n) is 2.80. The summed E-state index contributed by atoms with van der Waals surface area (Å²) in [5.41, 5.74) is 7.83. The molecule has 0 saturated carbocycles. The van der Waals surface area contributed by atoms with Crippen molar-refractivity contribution in [3.8, 4) is 0 Å². The van der Waals surface area contributed by atoms with E-state index in [-0.39, 0.29) is 5.75 Å². The van der Waals surface area contributed by atoms with Gasteiger partial charge in [0.05, 0.1) is 5.75 Å². The van der Waals surface area contributed by atoms with Gasteiger partial charge in [-0.2, -0.15) is 0 Å². The molecule has 5 heteroatoms. The molecule has 0 bridgehead atoms. The lowest BCUT2D eigenvalue weighted by Gasteiger charge is -2.19. The maximum atomic E-state index is 11.3. The minimum absolute atomic E-state index is 0.110. The molecule has 19 heavy (non-hydrogen) atoms. The summed E-state index contributed by atoms with van der Waals surface area (Å²) in [6, 6.07) is 8.32. The maximum Gasteiger partial charge on any atom is 0.151 e. The van der Waals surface area contributed by atoms with Crippen molar-refractivity contribution in [1.82, 2.24) is 4.90 Å². The summed E-state index contributed by atoms with van der Waals surface area (Å²) in [4.78, 5) is 2.32. The fraction of sp³-hybridized carbons (Fsp3) is 0.571. The molecular formula is C14H22N2O2S. The van der Waals surface area contributed by atoms with Gasteiger partial charge in [0.25, 0.3) is 0 Å². The molecule has 2 unspecified atom stereocenters. The van der Waals surface area contributed by atoms with Crippen LogP contribution in [0.15, 0.2) is 24.3 Å². The van der Waals surface area contributed by atoms with Crippen molar-refractivity contribution in [2.75, 3.05) is 26.4 Å². The van der Waals surface area contributed by atoms with Crippen molar-refractivity contribution in [2.24, 2.45) is 11.7 Å². The summed E-state index contributed by atoms with van der Waals surface area (Å²) in [5, 5.41) is 0. The summed E-state index contributed by atoms with van der Waals surface area (Å²) in [6.45, 7) is 1.76. The normalized spacial score (nSPS) is 24.8. The van der Waals surface area contributed by atoms with Crippen LogP contribution in [-0.4, -0.2) is 39.7 Å². The summed E-state index contributed by atoms with van der Waals surface area (Å²) >= 11 is 0. The van der Waals surface area contributed by atoms with E-state index < -0.39 is 9.84 Å². The molecule has 1 heterocycles. The third kappa shape index (κ3) is 3.78. The zero-order valence-corrected chi connectivity index (χ0v) is 12.4. The highest BCUT2D eigenvalue weighted by atomic mass is 32.2. The molecule has 1 saturated heterocycles. The number of benzene rings is 1. The Morgan fingerprint density at radius 2 is 1.95 bits per heavy atom. The molecule has 2 N–H and O–H groups in total. The fourth-order valence-corrected chi connectivity index (χ4v) is 3.60. The number of nitrogens with two attached hydrogens (primary N) is 1. The third-order valence-corrected chi connectivity index (χ3v) is 4.62. The van der Waals surface area contributed by atoms with Gasteiger partial charge in [-0.05, 0) is 37.1 Å². The highest BCUT2D eigenvalue weighted by Gasteiger charge is 2.29. The van der Waals surface area contributed by atoms with E-state index >= 15 is 0 Å². The van der Waals surface area contributed by atoms with Crippen LogP contribution >= 0.6 is 0 Å². The van der Waals surface area contributed by atoms with E-state index in [0.29, 0.717) is 12.0 Å². The van der Waals surface area contributed by atoms with E-state index in [1.54, 1.807) is 0 Å². The first-order valence-corrected chi connectivity index (χ1v) is 8.62. The molecule has 0 spiro atoms. The SMILES string of the molecule is CN1CC(CN)CC1c1ccc(CS(C)(=O)=O)cc1. The maximum absolute atomic E-state index is 11.3. The largest absolute Gasteiger partial charge is 0.330 e. The molecule has 0 amide bonds. The van der Waals surface area contributed by atoms with Crippen molar-refractivity contribution in [2.45, 2.75) is 18.2 Å². The second-order valence-electron chi connectivity index (χ2n) is 5.60. The smallest absolute Gasteiger partial charge is 0.151 e. The van der Waals surface area contributed by atoms with Gasteiger partial charge in [-0.25, -0.2) is 8.42 Å². The van der Waals surface area contributed by atoms with Gasteiger partial charge in [-0.3, -0.25) is 4.90 Å². The molecule has 106 valence electrons. The minimum atomic E-state index is -2.96. The molecule has 1 aromatic carbocycles. The summed E-state index contributed by atoms with van der Waals surface area (Å²) in [5.74, 6) is 0.671. The number of sulfone groups is 1. The standard InChI is InChI=1S/C14H22N2O2S/c1-16-9-12(8-15)7-14(16)13-5-3-11(4-6-13)10-19(2,17)18/h3-6,12,14H,7-10,15H2,1-2H3. The van der Waals surface area contributed by atoms with Gasteiger partial charge in [0.1, 0.15) is 0 Å². The molecule has 1 aliphatic rings. The molecule has 0 radical (unpaired) electrons. The Bertz CT molecular complexity index is 525. The topological polar surface area (TPSA) is 63.4 Å². The summed E-state index contributed by atoms with van der Waals surface area (Å²) in [6.07, 6.45) is 2.34. The van der Waals surface area contributed by atoms with E-state index in [4.69, 9.17) is 5.73 Å². The molecule has 1 aromatic rings. The van der Waals surface area contributed by atoms with E-state index in [0.717, 1.165) is 25.1 Å². The van der Waals surface area contributed by atoms with Crippen LogP contribution in [0.3, 0.4) is 0 Å². The first-order valence-electron chi connectivity index (χ1n) is 6.56. The molecular weight excluding hydrogens is 260 g/mol. The number of hydrogen-bond acceptors (Lipinski definition) is 4. The zero-order chi connectivity index (χ0) is 14.0. The lowest BCUT2D eigenvalue weighted by molar-refractivity contribution is 0.313. The number of rotatable bonds is 4. The molecule has 2 atom stereocenters. The minimum Gasteiger partial charge on any atom is -0.330 e. The first kappa shape index (κ1) is 14.5. The van der Waals surface area contributed by atoms with Crippen LogP contribution in [0.1, 0.15) is 23.6 Å². The van der Waals surface area contributed by atoms with Gasteiger partial charge in [0, 0.05) is 18.8 Å². The van der Waals surface area contributed by atoms with Crippen molar-refractivity contribution < 1.29 is 8.42 Å². The monoisotopic (exact) mass is 282 g/mol. The summed E-state index contributed by atoms with van der Waals surface area (Å²) < 4.78 is 22.5. The van der Waals surface area contributed by atoms with Gasteiger partial charge in [0.15, 0.2) is 9.84 Å². The predicted molar refractivity (Wildman–Crippen MR) is 77.5 cm³/mol. The van der Waals surface area contributed by atoms with Crippen LogP contribution in [0, 0.1) is 5.92 Å². The lowest BCUT2D eigenvalue weighted by Crippen LogP contribution is -2.20. The Kier molecular flexibility index (Phi) is 4.28. The first-order chi connectivity index (χ1) is 8.89. The molecule has 0 aliphatic carbocycles. The zero-order valence-electron chi connectivity index (χ0n) is 11.5. The van der Waals surface area contributed by atoms with E-state index in [1.807, 2.05) is 24.3 Å². The van der Waals surface area contributed by atoms with Gasteiger partial charge in [-0.1, -0.05) is 24.3 Å². The second-order valence-corrected chi connectivity index (χ2v) is 7.74. The lowest BCUT2D eigenvalue weighted by atomic mass is 9.99. The molecule has 0 aromatic heterocycles. The van der Waals surface area contributed by atoms with Crippen molar-refractivity contribution in [3.63, 3.8) is 0 Å². The van der Waals surface area contributed by atoms with Gasteiger partial charge in [-0.15, -0.1) is 0 Å². The van der Waals surface area contributed by atoms with Crippen LogP contribution in [0.25, 0.3) is 0 Å². The quantitative estimate of drug-likeness (QED) is 0.901. The Morgan fingerprint density at radius 1 is 1.32 bits per heavy atom. The van der Waals surface area contributed by atoms with Gasteiger partial charge >= 0.3 is 0 Å². The number of nitrogens with zero attached hydrogens (tertiary/aromatic N) is 1. The van der Waals surface area contributed by atoms with Gasteiger partial charge < -0.3 is 5.73 Å². The van der Waals surface area contributed by atoms with Crippen LogP contribution in [0.2, 0.25) is 0 Å². The van der Waals surface area contributed by atoms with Crippen LogP contribution < -0.4 is 5.73 Å². The van der Waals surface area contributed by atoms with E-state index in [2.05, 4.69) is 11.9 Å². The van der Waals surface area contributed by atoms with Crippen molar-refractivity contribution in [3.05, 3.63) is 35.4 Å². The Labute approximate surface area is 115 Å². The molecule has 1 fully saturated rings. The Balaban J connectivity index is 2.10.